The molecule has 0 aliphatic carbocycles. The van der Waals surface area contributed by atoms with E-state index in [9.17, 15) is 0 Å². The van der Waals surface area contributed by atoms with E-state index in [4.69, 9.17) is 5.84 Å². The Labute approximate surface area is 98.5 Å². The van der Waals surface area contributed by atoms with E-state index in [1.807, 2.05) is 6.92 Å². The van der Waals surface area contributed by atoms with Crippen LogP contribution in [0.3, 0.4) is 0 Å². The number of nitrogens with one attached hydrogen (secondary N) is 1. The third-order valence-corrected chi connectivity index (χ3v) is 2.69. The summed E-state index contributed by atoms with van der Waals surface area (Å²) in [6, 6.07) is 8.96. The Hall–Kier alpha value is -1.12. The van der Waals surface area contributed by atoms with Gasteiger partial charge in [0.05, 0.1) is 0 Å². The molecule has 1 rings (SSSR count). The van der Waals surface area contributed by atoms with E-state index in [2.05, 4.69) is 43.2 Å². The van der Waals surface area contributed by atoms with Crippen molar-refractivity contribution in [3.8, 4) is 0 Å². The Balaban J connectivity index is 2.46. The number of aryl methyl sites for hydroxylation is 2. The fourth-order valence-electron chi connectivity index (χ4n) is 1.87. The van der Waals surface area contributed by atoms with Crippen LogP contribution in [0, 0.1) is 6.92 Å². The maximum atomic E-state index is 5.52. The molecule has 0 aliphatic heterocycles. The van der Waals surface area contributed by atoms with Gasteiger partial charge in [-0.05, 0) is 38.7 Å². The molecule has 1 aromatic carbocycles. The number of rotatable bonds is 6. The molecule has 0 saturated heterocycles. The molecule has 3 N–H and O–H groups in total. The molecule has 0 amide bonds. The van der Waals surface area contributed by atoms with Gasteiger partial charge in [-0.2, -0.15) is 0 Å². The van der Waals surface area contributed by atoms with E-state index in [0.717, 1.165) is 19.3 Å². The Kier molecular flexibility index (Phi) is 5.23. The predicted octanol–water partition coefficient (Wildman–Crippen LogP) is 2.73. The standard InChI is InChI=1S/C14H22N2/c1-11(2)9-14(16-15)8-7-13-6-4-5-12(3)10-13/h4-6,10,14,16H,1,7-9,15H2,2-3H3. The molecular formula is C14H22N2. The van der Waals surface area contributed by atoms with Gasteiger partial charge in [0, 0.05) is 6.04 Å². The molecule has 1 aromatic rings. The van der Waals surface area contributed by atoms with Crippen molar-refractivity contribution in [1.29, 1.82) is 0 Å². The molecular weight excluding hydrogens is 196 g/mol. The maximum Gasteiger partial charge on any atom is 0.0250 e. The van der Waals surface area contributed by atoms with Crippen LogP contribution >= 0.6 is 0 Å². The second-order valence-electron chi connectivity index (χ2n) is 4.55. The van der Waals surface area contributed by atoms with Crippen molar-refractivity contribution in [3.05, 3.63) is 47.5 Å². The van der Waals surface area contributed by atoms with Crippen molar-refractivity contribution in [3.63, 3.8) is 0 Å². The van der Waals surface area contributed by atoms with Crippen LogP contribution in [0.25, 0.3) is 0 Å². The van der Waals surface area contributed by atoms with E-state index in [0.29, 0.717) is 6.04 Å². The van der Waals surface area contributed by atoms with Gasteiger partial charge in [0.2, 0.25) is 0 Å². The lowest BCUT2D eigenvalue weighted by atomic mass is 10.00. The average molecular weight is 218 g/mol. The molecule has 2 heteroatoms. The highest BCUT2D eigenvalue weighted by atomic mass is 15.2. The highest BCUT2D eigenvalue weighted by molar-refractivity contribution is 5.22. The van der Waals surface area contributed by atoms with Crippen LogP contribution < -0.4 is 11.3 Å². The molecule has 88 valence electrons. The van der Waals surface area contributed by atoms with Crippen LogP contribution in [0.2, 0.25) is 0 Å². The predicted molar refractivity (Wildman–Crippen MR) is 70.0 cm³/mol. The molecule has 1 atom stereocenters. The first-order chi connectivity index (χ1) is 7.61. The van der Waals surface area contributed by atoms with E-state index in [-0.39, 0.29) is 0 Å². The molecule has 0 saturated carbocycles. The number of hydrogen-bond acceptors (Lipinski definition) is 2. The van der Waals surface area contributed by atoms with Crippen molar-refractivity contribution < 1.29 is 0 Å². The van der Waals surface area contributed by atoms with E-state index < -0.39 is 0 Å². The summed E-state index contributed by atoms with van der Waals surface area (Å²) in [6.07, 6.45) is 3.05. The van der Waals surface area contributed by atoms with Gasteiger partial charge in [-0.3, -0.25) is 11.3 Å². The normalized spacial score (nSPS) is 12.4. The third-order valence-electron chi connectivity index (χ3n) is 2.69. The minimum absolute atomic E-state index is 0.331. The monoisotopic (exact) mass is 218 g/mol. The summed E-state index contributed by atoms with van der Waals surface area (Å²) in [6.45, 7) is 8.08. The minimum atomic E-state index is 0.331. The van der Waals surface area contributed by atoms with E-state index in [1.165, 1.54) is 16.7 Å². The zero-order valence-corrected chi connectivity index (χ0v) is 10.3. The molecule has 0 fully saturated rings. The average Bonchev–Trinajstić information content (AvgIpc) is 2.24. The Bertz CT molecular complexity index is 344. The van der Waals surface area contributed by atoms with Crippen LogP contribution in [-0.4, -0.2) is 6.04 Å². The summed E-state index contributed by atoms with van der Waals surface area (Å²) in [5.74, 6) is 5.52. The van der Waals surface area contributed by atoms with Crippen molar-refractivity contribution >= 4 is 0 Å². The van der Waals surface area contributed by atoms with Crippen molar-refractivity contribution in [2.24, 2.45) is 5.84 Å². The summed E-state index contributed by atoms with van der Waals surface area (Å²) >= 11 is 0. The molecule has 0 bridgehead atoms. The number of hydrogen-bond donors (Lipinski definition) is 2. The molecule has 0 spiro atoms. The highest BCUT2D eigenvalue weighted by Gasteiger charge is 2.06. The molecule has 16 heavy (non-hydrogen) atoms. The first-order valence-corrected chi connectivity index (χ1v) is 5.78. The smallest absolute Gasteiger partial charge is 0.0250 e. The number of benzene rings is 1. The van der Waals surface area contributed by atoms with Crippen molar-refractivity contribution in [2.75, 3.05) is 0 Å². The van der Waals surface area contributed by atoms with Gasteiger partial charge < -0.3 is 0 Å². The minimum Gasteiger partial charge on any atom is -0.271 e. The SMILES string of the molecule is C=C(C)CC(CCc1cccc(C)c1)NN. The van der Waals surface area contributed by atoms with Crippen LogP contribution in [0.15, 0.2) is 36.4 Å². The first kappa shape index (κ1) is 12.9. The van der Waals surface area contributed by atoms with Crippen LogP contribution in [0.1, 0.15) is 30.9 Å². The third kappa shape index (κ3) is 4.60. The van der Waals surface area contributed by atoms with E-state index in [1.54, 1.807) is 0 Å². The van der Waals surface area contributed by atoms with Gasteiger partial charge in [-0.15, -0.1) is 6.58 Å². The topological polar surface area (TPSA) is 38.0 Å². The molecule has 0 aromatic heterocycles. The second kappa shape index (κ2) is 6.46. The Morgan fingerprint density at radius 2 is 2.25 bits per heavy atom. The molecule has 0 radical (unpaired) electrons. The van der Waals surface area contributed by atoms with Crippen LogP contribution in [0.5, 0.6) is 0 Å². The molecule has 2 nitrogen and oxygen atoms in total. The van der Waals surface area contributed by atoms with Crippen LogP contribution in [-0.2, 0) is 6.42 Å². The first-order valence-electron chi connectivity index (χ1n) is 5.78. The van der Waals surface area contributed by atoms with Gasteiger partial charge in [0.25, 0.3) is 0 Å². The Morgan fingerprint density at radius 1 is 1.50 bits per heavy atom. The van der Waals surface area contributed by atoms with Gasteiger partial charge in [0.1, 0.15) is 0 Å². The fraction of sp³-hybridized carbons (Fsp3) is 0.429. The van der Waals surface area contributed by atoms with Gasteiger partial charge in [0.15, 0.2) is 0 Å². The summed E-state index contributed by atoms with van der Waals surface area (Å²) in [5.41, 5.74) is 6.72. The van der Waals surface area contributed by atoms with Crippen molar-refractivity contribution in [1.82, 2.24) is 5.43 Å². The lowest BCUT2D eigenvalue weighted by molar-refractivity contribution is 0.490. The molecule has 1 unspecified atom stereocenters. The maximum absolute atomic E-state index is 5.52. The zero-order chi connectivity index (χ0) is 12.0. The zero-order valence-electron chi connectivity index (χ0n) is 10.3. The fourth-order valence-corrected chi connectivity index (χ4v) is 1.87. The summed E-state index contributed by atoms with van der Waals surface area (Å²) in [4.78, 5) is 0. The largest absolute Gasteiger partial charge is 0.271 e. The summed E-state index contributed by atoms with van der Waals surface area (Å²) in [5, 5.41) is 0. The van der Waals surface area contributed by atoms with E-state index >= 15 is 0 Å². The second-order valence-corrected chi connectivity index (χ2v) is 4.55. The van der Waals surface area contributed by atoms with Gasteiger partial charge >= 0.3 is 0 Å². The van der Waals surface area contributed by atoms with Gasteiger partial charge in [-0.25, -0.2) is 0 Å². The van der Waals surface area contributed by atoms with Crippen molar-refractivity contribution in [2.45, 2.75) is 39.2 Å². The summed E-state index contributed by atoms with van der Waals surface area (Å²) in [7, 11) is 0. The highest BCUT2D eigenvalue weighted by Crippen LogP contribution is 2.11. The quantitative estimate of drug-likeness (QED) is 0.438. The number of nitrogens with two attached hydrogens (primary N) is 1. The number of hydrazine groups is 1. The van der Waals surface area contributed by atoms with Gasteiger partial charge in [-0.1, -0.05) is 35.4 Å². The summed E-state index contributed by atoms with van der Waals surface area (Å²) < 4.78 is 0. The Morgan fingerprint density at radius 3 is 2.81 bits per heavy atom. The molecule has 0 aliphatic rings. The lowest BCUT2D eigenvalue weighted by Crippen LogP contribution is -2.35. The lowest BCUT2D eigenvalue weighted by Gasteiger charge is -2.15. The molecule has 0 heterocycles. The van der Waals surface area contributed by atoms with Crippen LogP contribution in [0.4, 0.5) is 0 Å².